The van der Waals surface area contributed by atoms with Crippen LogP contribution in [-0.2, 0) is 0 Å². The molecule has 3 rings (SSSR count). The molecule has 22 heavy (non-hydrogen) atoms. The first-order valence-corrected chi connectivity index (χ1v) is 7.83. The lowest BCUT2D eigenvalue weighted by Crippen LogP contribution is -2.39. The highest BCUT2D eigenvalue weighted by Gasteiger charge is 2.19. The summed E-state index contributed by atoms with van der Waals surface area (Å²) in [5, 5.41) is 3.63. The summed E-state index contributed by atoms with van der Waals surface area (Å²) in [7, 11) is 1.70. The van der Waals surface area contributed by atoms with Gasteiger partial charge in [-0.05, 0) is 56.2 Å². The van der Waals surface area contributed by atoms with Crippen LogP contribution in [0.1, 0.15) is 18.5 Å². The van der Waals surface area contributed by atoms with E-state index < -0.39 is 0 Å². The molecule has 116 valence electrons. The Morgan fingerprint density at radius 2 is 1.86 bits per heavy atom. The first-order valence-electron chi connectivity index (χ1n) is 7.83. The third kappa shape index (κ3) is 3.50. The molecule has 1 aromatic heterocycles. The van der Waals surface area contributed by atoms with Crippen molar-refractivity contribution in [3.8, 4) is 5.75 Å². The standard InChI is InChI=1S/C18H23N3O/c1-14-13-16(7-10-19-14)20-15-8-11-21(12-9-15)17-3-5-18(22-2)6-4-17/h3-7,10,13,15H,8-9,11-12H2,1-2H3,(H,19,20). The molecule has 0 unspecified atom stereocenters. The van der Waals surface area contributed by atoms with E-state index in [-0.39, 0.29) is 0 Å². The minimum absolute atomic E-state index is 0.538. The van der Waals surface area contributed by atoms with Crippen LogP contribution in [0.25, 0.3) is 0 Å². The van der Waals surface area contributed by atoms with Gasteiger partial charge < -0.3 is 15.0 Å². The molecular formula is C18H23N3O. The second-order valence-electron chi connectivity index (χ2n) is 5.79. The summed E-state index contributed by atoms with van der Waals surface area (Å²) in [6.07, 6.45) is 4.16. The number of aryl methyl sites for hydroxylation is 1. The maximum atomic E-state index is 5.22. The molecule has 2 heterocycles. The van der Waals surface area contributed by atoms with Crippen molar-refractivity contribution in [2.24, 2.45) is 0 Å². The van der Waals surface area contributed by atoms with Gasteiger partial charge >= 0.3 is 0 Å². The quantitative estimate of drug-likeness (QED) is 0.937. The molecule has 1 aromatic carbocycles. The molecule has 2 aromatic rings. The Kier molecular flexibility index (Phi) is 4.47. The van der Waals surface area contributed by atoms with E-state index in [4.69, 9.17) is 4.74 Å². The van der Waals surface area contributed by atoms with Crippen molar-refractivity contribution in [3.05, 3.63) is 48.3 Å². The van der Waals surface area contributed by atoms with Crippen molar-refractivity contribution in [2.45, 2.75) is 25.8 Å². The van der Waals surface area contributed by atoms with E-state index in [9.17, 15) is 0 Å². The second kappa shape index (κ2) is 6.69. The van der Waals surface area contributed by atoms with Gasteiger partial charge in [-0.3, -0.25) is 4.98 Å². The Morgan fingerprint density at radius 3 is 2.50 bits per heavy atom. The molecule has 0 aliphatic carbocycles. The van der Waals surface area contributed by atoms with Gasteiger partial charge in [0.25, 0.3) is 0 Å². The number of ether oxygens (including phenoxy) is 1. The summed E-state index contributed by atoms with van der Waals surface area (Å²) in [5.41, 5.74) is 3.51. The van der Waals surface area contributed by atoms with Gasteiger partial charge in [-0.1, -0.05) is 0 Å². The van der Waals surface area contributed by atoms with E-state index in [1.807, 2.05) is 31.3 Å². The van der Waals surface area contributed by atoms with Crippen LogP contribution in [0.4, 0.5) is 11.4 Å². The van der Waals surface area contributed by atoms with E-state index >= 15 is 0 Å². The summed E-state index contributed by atoms with van der Waals surface area (Å²) in [6.45, 7) is 4.18. The number of hydrogen-bond donors (Lipinski definition) is 1. The number of hydrogen-bond acceptors (Lipinski definition) is 4. The summed E-state index contributed by atoms with van der Waals surface area (Å²) in [4.78, 5) is 6.68. The monoisotopic (exact) mass is 297 g/mol. The average molecular weight is 297 g/mol. The molecule has 0 amide bonds. The van der Waals surface area contributed by atoms with Crippen molar-refractivity contribution in [1.82, 2.24) is 4.98 Å². The molecule has 4 heteroatoms. The minimum atomic E-state index is 0.538. The number of anilines is 2. The van der Waals surface area contributed by atoms with Crippen LogP contribution in [0.2, 0.25) is 0 Å². The van der Waals surface area contributed by atoms with Crippen LogP contribution in [0.15, 0.2) is 42.6 Å². The molecule has 1 fully saturated rings. The van der Waals surface area contributed by atoms with Gasteiger partial charge in [0.05, 0.1) is 7.11 Å². The Hall–Kier alpha value is -2.23. The SMILES string of the molecule is COc1ccc(N2CCC(Nc3ccnc(C)c3)CC2)cc1. The number of benzene rings is 1. The topological polar surface area (TPSA) is 37.4 Å². The van der Waals surface area contributed by atoms with Crippen molar-refractivity contribution < 1.29 is 4.74 Å². The Labute approximate surface area is 132 Å². The number of nitrogens with zero attached hydrogens (tertiary/aromatic N) is 2. The van der Waals surface area contributed by atoms with Crippen molar-refractivity contribution in [2.75, 3.05) is 30.4 Å². The third-order valence-corrected chi connectivity index (χ3v) is 4.20. The molecule has 1 saturated heterocycles. The molecule has 0 bridgehead atoms. The minimum Gasteiger partial charge on any atom is -0.497 e. The normalized spacial score (nSPS) is 15.6. The fourth-order valence-corrected chi connectivity index (χ4v) is 2.95. The van der Waals surface area contributed by atoms with E-state index in [1.54, 1.807) is 7.11 Å². The average Bonchev–Trinajstić information content (AvgIpc) is 2.56. The predicted molar refractivity (Wildman–Crippen MR) is 90.8 cm³/mol. The van der Waals surface area contributed by atoms with Crippen LogP contribution in [0.3, 0.4) is 0 Å². The highest BCUT2D eigenvalue weighted by molar-refractivity contribution is 5.50. The van der Waals surface area contributed by atoms with Gasteiger partial charge in [-0.2, -0.15) is 0 Å². The number of pyridine rings is 1. The molecule has 0 atom stereocenters. The molecule has 4 nitrogen and oxygen atoms in total. The number of methoxy groups -OCH3 is 1. The smallest absolute Gasteiger partial charge is 0.119 e. The van der Waals surface area contributed by atoms with Crippen LogP contribution >= 0.6 is 0 Å². The predicted octanol–water partition coefficient (Wildman–Crippen LogP) is 3.48. The van der Waals surface area contributed by atoms with Gasteiger partial charge in [0.2, 0.25) is 0 Å². The first-order chi connectivity index (χ1) is 10.7. The van der Waals surface area contributed by atoms with Crippen LogP contribution in [-0.4, -0.2) is 31.2 Å². The molecule has 1 N–H and O–H groups in total. The lowest BCUT2D eigenvalue weighted by atomic mass is 10.0. The summed E-state index contributed by atoms with van der Waals surface area (Å²) in [6, 6.07) is 13.0. The lowest BCUT2D eigenvalue weighted by Gasteiger charge is -2.34. The van der Waals surface area contributed by atoms with E-state index in [2.05, 4.69) is 33.4 Å². The highest BCUT2D eigenvalue weighted by Crippen LogP contribution is 2.24. The maximum Gasteiger partial charge on any atom is 0.119 e. The van der Waals surface area contributed by atoms with Crippen LogP contribution in [0, 0.1) is 6.92 Å². The lowest BCUT2D eigenvalue weighted by molar-refractivity contribution is 0.414. The molecular weight excluding hydrogens is 274 g/mol. The molecule has 1 aliphatic rings. The van der Waals surface area contributed by atoms with Crippen LogP contribution in [0.5, 0.6) is 5.75 Å². The number of nitrogens with one attached hydrogen (secondary N) is 1. The molecule has 0 spiro atoms. The zero-order chi connectivity index (χ0) is 15.4. The number of aromatic nitrogens is 1. The Balaban J connectivity index is 1.55. The van der Waals surface area contributed by atoms with Crippen molar-refractivity contribution in [3.63, 3.8) is 0 Å². The number of piperidine rings is 1. The van der Waals surface area contributed by atoms with Crippen LogP contribution < -0.4 is 15.0 Å². The summed E-state index contributed by atoms with van der Waals surface area (Å²) in [5.74, 6) is 0.911. The third-order valence-electron chi connectivity index (χ3n) is 4.20. The Morgan fingerprint density at radius 1 is 1.14 bits per heavy atom. The van der Waals surface area contributed by atoms with Crippen molar-refractivity contribution in [1.29, 1.82) is 0 Å². The summed E-state index contributed by atoms with van der Waals surface area (Å²) >= 11 is 0. The van der Waals surface area contributed by atoms with E-state index in [0.717, 1.165) is 37.4 Å². The van der Waals surface area contributed by atoms with Gasteiger partial charge in [-0.15, -0.1) is 0 Å². The Bertz CT molecular complexity index is 604. The van der Waals surface area contributed by atoms with Gasteiger partial charge in [0.1, 0.15) is 5.75 Å². The fraction of sp³-hybridized carbons (Fsp3) is 0.389. The zero-order valence-electron chi connectivity index (χ0n) is 13.2. The van der Waals surface area contributed by atoms with Gasteiger partial charge in [0.15, 0.2) is 0 Å². The first kappa shape index (κ1) is 14.7. The largest absolute Gasteiger partial charge is 0.497 e. The number of rotatable bonds is 4. The highest BCUT2D eigenvalue weighted by atomic mass is 16.5. The molecule has 1 aliphatic heterocycles. The van der Waals surface area contributed by atoms with Gasteiger partial charge in [0, 0.05) is 42.4 Å². The van der Waals surface area contributed by atoms with E-state index in [0.29, 0.717) is 6.04 Å². The van der Waals surface area contributed by atoms with E-state index in [1.165, 1.54) is 11.4 Å². The maximum absolute atomic E-state index is 5.22. The van der Waals surface area contributed by atoms with Crippen molar-refractivity contribution >= 4 is 11.4 Å². The zero-order valence-corrected chi connectivity index (χ0v) is 13.2. The second-order valence-corrected chi connectivity index (χ2v) is 5.79. The molecule has 0 radical (unpaired) electrons. The fourth-order valence-electron chi connectivity index (χ4n) is 2.95. The summed E-state index contributed by atoms with van der Waals surface area (Å²) < 4.78 is 5.22. The molecule has 0 saturated carbocycles. The van der Waals surface area contributed by atoms with Gasteiger partial charge in [-0.25, -0.2) is 0 Å².